The molecule has 0 N–H and O–H groups in total. The Morgan fingerprint density at radius 3 is 2.82 bits per heavy atom. The van der Waals surface area contributed by atoms with E-state index in [-0.39, 0.29) is 11.6 Å². The molecule has 0 amide bonds. The first-order valence-electron chi connectivity index (χ1n) is 9.48. The molecule has 3 aromatic heterocycles. The zero-order valence-corrected chi connectivity index (χ0v) is 15.8. The van der Waals surface area contributed by atoms with Gasteiger partial charge in [-0.3, -0.25) is 13.8 Å². The first kappa shape index (κ1) is 17.1. The van der Waals surface area contributed by atoms with Gasteiger partial charge in [0.1, 0.15) is 11.8 Å². The maximum atomic E-state index is 13.4. The molecule has 4 aromatic rings. The highest BCUT2D eigenvalue weighted by atomic mass is 16.5. The molecule has 0 aliphatic heterocycles. The normalized spacial score (nSPS) is 15.5. The quantitative estimate of drug-likeness (QED) is 0.512. The van der Waals surface area contributed by atoms with Gasteiger partial charge in [0.2, 0.25) is 5.89 Å². The van der Waals surface area contributed by atoms with Gasteiger partial charge in [-0.05, 0) is 31.9 Å². The zero-order valence-electron chi connectivity index (χ0n) is 15.8. The van der Waals surface area contributed by atoms with Crippen molar-refractivity contribution in [3.8, 4) is 0 Å². The van der Waals surface area contributed by atoms with E-state index in [2.05, 4.69) is 15.1 Å². The van der Waals surface area contributed by atoms with Gasteiger partial charge < -0.3 is 9.26 Å². The lowest BCUT2D eigenvalue weighted by atomic mass is 10.2. The van der Waals surface area contributed by atoms with Gasteiger partial charge in [-0.1, -0.05) is 17.3 Å². The van der Waals surface area contributed by atoms with Gasteiger partial charge in [-0.15, -0.1) is 0 Å². The number of hydrogen-bond donors (Lipinski definition) is 0. The molecule has 0 spiro atoms. The average molecular weight is 379 g/mol. The monoisotopic (exact) mass is 379 g/mol. The number of benzene rings is 1. The number of fused-ring (bicyclic) bond motifs is 3. The number of ether oxygens (including phenoxy) is 1. The standard InChI is InChI=1S/C20H21N5O3/c1-12(10-27-2)25-16-6-4-3-5-15(16)24-11-21-14(18(24)20(25)26)9-17-22-19(28-23-17)13-7-8-13/h3-6,11-13H,7-10H2,1-2H3. The maximum Gasteiger partial charge on any atom is 0.277 e. The number of imidazole rings is 1. The largest absolute Gasteiger partial charge is 0.383 e. The van der Waals surface area contributed by atoms with Crippen LogP contribution < -0.4 is 5.56 Å². The molecule has 5 rings (SSSR count). The highest BCUT2D eigenvalue weighted by molar-refractivity contribution is 5.79. The third-order valence-corrected chi connectivity index (χ3v) is 5.25. The first-order chi connectivity index (χ1) is 13.7. The van der Waals surface area contributed by atoms with Gasteiger partial charge in [-0.25, -0.2) is 4.98 Å². The molecule has 1 atom stereocenters. The SMILES string of the molecule is COCC(C)n1c(=O)c2c(Cc3noc(C4CC4)n3)ncn2c2ccccc21. The Kier molecular flexibility index (Phi) is 4.01. The molecule has 28 heavy (non-hydrogen) atoms. The van der Waals surface area contributed by atoms with E-state index in [9.17, 15) is 4.79 Å². The molecule has 1 saturated carbocycles. The summed E-state index contributed by atoms with van der Waals surface area (Å²) in [6.07, 6.45) is 4.26. The Morgan fingerprint density at radius 1 is 1.29 bits per heavy atom. The highest BCUT2D eigenvalue weighted by Gasteiger charge is 2.30. The summed E-state index contributed by atoms with van der Waals surface area (Å²) < 4.78 is 14.3. The summed E-state index contributed by atoms with van der Waals surface area (Å²) in [5, 5.41) is 4.07. The first-order valence-corrected chi connectivity index (χ1v) is 9.48. The molecule has 8 heteroatoms. The number of nitrogens with zero attached hydrogens (tertiary/aromatic N) is 5. The van der Waals surface area contributed by atoms with Gasteiger partial charge in [-0.2, -0.15) is 4.98 Å². The van der Waals surface area contributed by atoms with Gasteiger partial charge in [0.05, 0.1) is 35.8 Å². The lowest BCUT2D eigenvalue weighted by Crippen LogP contribution is -2.28. The van der Waals surface area contributed by atoms with Crippen molar-refractivity contribution in [1.29, 1.82) is 0 Å². The number of methoxy groups -OCH3 is 1. The van der Waals surface area contributed by atoms with E-state index in [0.29, 0.717) is 41.9 Å². The molecule has 0 saturated heterocycles. The topological polar surface area (TPSA) is 87.5 Å². The minimum Gasteiger partial charge on any atom is -0.383 e. The fraction of sp³-hybridized carbons (Fsp3) is 0.400. The van der Waals surface area contributed by atoms with Crippen LogP contribution in [-0.2, 0) is 11.2 Å². The number of aromatic nitrogens is 5. The van der Waals surface area contributed by atoms with Crippen molar-refractivity contribution in [2.45, 2.75) is 38.1 Å². The molecule has 1 unspecified atom stereocenters. The van der Waals surface area contributed by atoms with Gasteiger partial charge in [0, 0.05) is 13.0 Å². The average Bonchev–Trinajstić information content (AvgIpc) is 3.29. The molecule has 0 radical (unpaired) electrons. The Hall–Kier alpha value is -3.00. The van der Waals surface area contributed by atoms with E-state index in [1.165, 1.54) is 0 Å². The summed E-state index contributed by atoms with van der Waals surface area (Å²) in [7, 11) is 1.64. The van der Waals surface area contributed by atoms with Gasteiger partial charge >= 0.3 is 0 Å². The number of para-hydroxylation sites is 2. The predicted octanol–water partition coefficient (Wildman–Crippen LogP) is 2.71. The van der Waals surface area contributed by atoms with E-state index < -0.39 is 0 Å². The summed E-state index contributed by atoms with van der Waals surface area (Å²) >= 11 is 0. The van der Waals surface area contributed by atoms with Crippen molar-refractivity contribution >= 4 is 16.6 Å². The second kappa shape index (κ2) is 6.56. The lowest BCUT2D eigenvalue weighted by Gasteiger charge is -2.18. The van der Waals surface area contributed by atoms with Crippen molar-refractivity contribution in [2.75, 3.05) is 13.7 Å². The van der Waals surface area contributed by atoms with Crippen molar-refractivity contribution in [3.05, 3.63) is 58.4 Å². The van der Waals surface area contributed by atoms with Crippen LogP contribution in [-0.4, -0.2) is 37.8 Å². The second-order valence-electron chi connectivity index (χ2n) is 7.38. The molecule has 3 heterocycles. The van der Waals surface area contributed by atoms with Crippen LogP contribution in [0.15, 0.2) is 39.9 Å². The predicted molar refractivity (Wildman–Crippen MR) is 103 cm³/mol. The summed E-state index contributed by atoms with van der Waals surface area (Å²) in [6.45, 7) is 2.42. The Balaban J connectivity index is 1.67. The molecule has 0 bridgehead atoms. The summed E-state index contributed by atoms with van der Waals surface area (Å²) in [4.78, 5) is 22.4. The third kappa shape index (κ3) is 2.72. The van der Waals surface area contributed by atoms with Crippen LogP contribution in [0.25, 0.3) is 16.6 Å². The van der Waals surface area contributed by atoms with Gasteiger partial charge in [0.25, 0.3) is 5.56 Å². The van der Waals surface area contributed by atoms with E-state index in [1.807, 2.05) is 35.6 Å². The lowest BCUT2D eigenvalue weighted by molar-refractivity contribution is 0.162. The van der Waals surface area contributed by atoms with Crippen LogP contribution in [0, 0.1) is 0 Å². The van der Waals surface area contributed by atoms with Crippen molar-refractivity contribution in [3.63, 3.8) is 0 Å². The number of hydrogen-bond acceptors (Lipinski definition) is 6. The van der Waals surface area contributed by atoms with E-state index in [0.717, 1.165) is 23.9 Å². The molecule has 8 nitrogen and oxygen atoms in total. The fourth-order valence-corrected chi connectivity index (χ4v) is 3.76. The summed E-state index contributed by atoms with van der Waals surface area (Å²) in [5.74, 6) is 1.65. The van der Waals surface area contributed by atoms with Crippen molar-refractivity contribution < 1.29 is 9.26 Å². The summed E-state index contributed by atoms with van der Waals surface area (Å²) in [5.41, 5.74) is 2.87. The summed E-state index contributed by atoms with van der Waals surface area (Å²) in [6, 6.07) is 7.71. The Bertz CT molecular complexity index is 1220. The van der Waals surface area contributed by atoms with Crippen LogP contribution in [0.1, 0.15) is 49.1 Å². The molecule has 1 aromatic carbocycles. The van der Waals surface area contributed by atoms with E-state index in [1.54, 1.807) is 18.0 Å². The fourth-order valence-electron chi connectivity index (χ4n) is 3.76. The Labute approximate surface area is 160 Å². The molecular formula is C20H21N5O3. The van der Waals surface area contributed by atoms with Crippen molar-refractivity contribution in [1.82, 2.24) is 24.1 Å². The van der Waals surface area contributed by atoms with E-state index >= 15 is 0 Å². The van der Waals surface area contributed by atoms with Crippen LogP contribution >= 0.6 is 0 Å². The van der Waals surface area contributed by atoms with Gasteiger partial charge in [0.15, 0.2) is 5.82 Å². The number of rotatable bonds is 6. The minimum absolute atomic E-state index is 0.0957. The molecule has 1 aliphatic carbocycles. The smallest absolute Gasteiger partial charge is 0.277 e. The van der Waals surface area contributed by atoms with E-state index in [4.69, 9.17) is 9.26 Å². The highest BCUT2D eigenvalue weighted by Crippen LogP contribution is 2.38. The molecular weight excluding hydrogens is 358 g/mol. The van der Waals surface area contributed by atoms with Crippen molar-refractivity contribution in [2.24, 2.45) is 0 Å². The molecule has 144 valence electrons. The van der Waals surface area contributed by atoms with Crippen LogP contribution in [0.5, 0.6) is 0 Å². The maximum absolute atomic E-state index is 13.4. The van der Waals surface area contributed by atoms with Crippen LogP contribution in [0.3, 0.4) is 0 Å². The zero-order chi connectivity index (χ0) is 19.3. The van der Waals surface area contributed by atoms with Crippen LogP contribution in [0.4, 0.5) is 0 Å². The molecule has 1 fully saturated rings. The minimum atomic E-state index is -0.109. The van der Waals surface area contributed by atoms with Crippen LogP contribution in [0.2, 0.25) is 0 Å². The Morgan fingerprint density at radius 2 is 2.07 bits per heavy atom. The molecule has 1 aliphatic rings. The third-order valence-electron chi connectivity index (χ3n) is 5.25. The second-order valence-corrected chi connectivity index (χ2v) is 7.38.